The maximum absolute atomic E-state index is 5.73. The Balaban J connectivity index is 1.55. The molecule has 2 aromatic heterocycles. The van der Waals surface area contributed by atoms with Crippen molar-refractivity contribution in [1.29, 1.82) is 0 Å². The lowest BCUT2D eigenvalue weighted by Crippen LogP contribution is -2.13. The van der Waals surface area contributed by atoms with Gasteiger partial charge in [0, 0.05) is 0 Å². The van der Waals surface area contributed by atoms with Gasteiger partial charge in [-0.25, -0.2) is 0 Å². The summed E-state index contributed by atoms with van der Waals surface area (Å²) < 4.78 is 7.43. The summed E-state index contributed by atoms with van der Waals surface area (Å²) in [5.74, 6) is 0. The lowest BCUT2D eigenvalue weighted by Gasteiger charge is -2.04. The molecule has 108 valence electrons. The molecule has 1 N–H and O–H groups in total. The number of hydrogen-bond acceptors (Lipinski definition) is 6. The molecule has 3 heterocycles. The largest absolute Gasteiger partial charge is 0.457 e. The van der Waals surface area contributed by atoms with Crippen molar-refractivity contribution in [3.63, 3.8) is 0 Å². The van der Waals surface area contributed by atoms with Crippen LogP contribution in [0.25, 0.3) is 4.96 Å². The Bertz CT molecular complexity index is 732. The molecule has 6 nitrogen and oxygen atoms in total. The van der Waals surface area contributed by atoms with Gasteiger partial charge < -0.3 is 10.1 Å². The molecule has 0 saturated carbocycles. The van der Waals surface area contributed by atoms with Crippen molar-refractivity contribution in [2.24, 2.45) is 0 Å². The normalized spacial score (nSPS) is 18.4. The molecule has 1 atom stereocenters. The van der Waals surface area contributed by atoms with Crippen LogP contribution in [-0.2, 0) is 6.61 Å². The Hall–Kier alpha value is -1.99. The van der Waals surface area contributed by atoms with Gasteiger partial charge in [-0.1, -0.05) is 46.8 Å². The highest BCUT2D eigenvalue weighted by Gasteiger charge is 2.22. The third-order valence-corrected chi connectivity index (χ3v) is 4.56. The monoisotopic (exact) mass is 301 g/mol. The van der Waals surface area contributed by atoms with E-state index < -0.39 is 0 Å². The Morgan fingerprint density at radius 2 is 2.19 bits per heavy atom. The summed E-state index contributed by atoms with van der Waals surface area (Å²) >= 11 is 1.57. The van der Waals surface area contributed by atoms with Gasteiger partial charge in [0.1, 0.15) is 11.6 Å². The van der Waals surface area contributed by atoms with E-state index in [-0.39, 0.29) is 0 Å². The summed E-state index contributed by atoms with van der Waals surface area (Å²) in [5.41, 5.74) is 1.10. The molecular weight excluding hydrogens is 286 g/mol. The quantitative estimate of drug-likeness (QED) is 0.800. The van der Waals surface area contributed by atoms with Crippen molar-refractivity contribution in [3.05, 3.63) is 40.9 Å². The number of fused-ring (bicyclic) bond motifs is 1. The topological polar surface area (TPSA) is 64.3 Å². The average molecular weight is 301 g/mol. The molecule has 0 radical (unpaired) electrons. The lowest BCUT2D eigenvalue weighted by atomic mass is 10.2. The fraction of sp³-hybridized carbons (Fsp3) is 0.357. The van der Waals surface area contributed by atoms with Gasteiger partial charge in [0.05, 0.1) is 6.04 Å². The third-order valence-electron chi connectivity index (χ3n) is 3.55. The first-order chi connectivity index (χ1) is 10.4. The van der Waals surface area contributed by atoms with Crippen molar-refractivity contribution in [3.8, 4) is 6.01 Å². The molecule has 0 aliphatic carbocycles. The first kappa shape index (κ1) is 12.7. The highest BCUT2D eigenvalue weighted by molar-refractivity contribution is 7.16. The molecule has 0 spiro atoms. The number of ether oxygens (including phenoxy) is 1. The molecule has 4 rings (SSSR count). The Kier molecular flexibility index (Phi) is 3.28. The third kappa shape index (κ3) is 2.50. The molecular formula is C14H15N5OS. The van der Waals surface area contributed by atoms with E-state index in [1.54, 1.807) is 15.9 Å². The van der Waals surface area contributed by atoms with Crippen LogP contribution in [0.1, 0.15) is 29.5 Å². The average Bonchev–Trinajstić information content (AvgIpc) is 3.23. The number of benzene rings is 1. The highest BCUT2D eigenvalue weighted by atomic mass is 32.1. The van der Waals surface area contributed by atoms with Gasteiger partial charge >= 0.3 is 6.01 Å². The van der Waals surface area contributed by atoms with E-state index in [1.807, 2.05) is 30.3 Å². The zero-order chi connectivity index (χ0) is 14.1. The van der Waals surface area contributed by atoms with Crippen LogP contribution >= 0.6 is 11.3 Å². The molecule has 1 saturated heterocycles. The Labute approximate surface area is 125 Å². The van der Waals surface area contributed by atoms with Crippen molar-refractivity contribution < 1.29 is 4.74 Å². The van der Waals surface area contributed by atoms with Gasteiger partial charge in [-0.05, 0) is 24.9 Å². The minimum absolute atomic E-state index is 0.346. The predicted octanol–water partition coefficient (Wildman–Crippen LogP) is 2.19. The van der Waals surface area contributed by atoms with Gasteiger partial charge in [0.25, 0.3) is 0 Å². The molecule has 3 aromatic rings. The molecule has 1 aliphatic heterocycles. The van der Waals surface area contributed by atoms with E-state index in [0.717, 1.165) is 28.5 Å². The van der Waals surface area contributed by atoms with Crippen LogP contribution < -0.4 is 10.1 Å². The second-order valence-corrected chi connectivity index (χ2v) is 6.03. The number of aromatic nitrogens is 4. The number of nitrogens with zero attached hydrogens (tertiary/aromatic N) is 4. The van der Waals surface area contributed by atoms with Crippen LogP contribution in [0.4, 0.5) is 0 Å². The molecule has 0 bridgehead atoms. The van der Waals surface area contributed by atoms with Gasteiger partial charge in [-0.15, -0.1) is 5.10 Å². The number of rotatable bonds is 4. The summed E-state index contributed by atoms with van der Waals surface area (Å²) in [6.07, 6.45) is 2.33. The van der Waals surface area contributed by atoms with Crippen LogP contribution in [0.2, 0.25) is 0 Å². The van der Waals surface area contributed by atoms with Crippen LogP contribution in [0.15, 0.2) is 30.3 Å². The molecule has 1 aromatic carbocycles. The molecule has 7 heteroatoms. The fourth-order valence-corrected chi connectivity index (χ4v) is 3.40. The predicted molar refractivity (Wildman–Crippen MR) is 79.4 cm³/mol. The van der Waals surface area contributed by atoms with E-state index in [1.165, 1.54) is 6.42 Å². The second-order valence-electron chi connectivity index (χ2n) is 5.04. The Morgan fingerprint density at radius 1 is 1.29 bits per heavy atom. The van der Waals surface area contributed by atoms with Gasteiger partial charge in [0.2, 0.25) is 4.96 Å². The second kappa shape index (κ2) is 5.42. The molecule has 0 amide bonds. The maximum atomic E-state index is 5.73. The van der Waals surface area contributed by atoms with Crippen LogP contribution in [0, 0.1) is 0 Å². The Morgan fingerprint density at radius 3 is 3.00 bits per heavy atom. The van der Waals surface area contributed by atoms with Crippen LogP contribution in [0.5, 0.6) is 6.01 Å². The SMILES string of the molecule is c1ccc(COc2nnc3sc([C@@H]4CCCN4)nn23)cc1. The lowest BCUT2D eigenvalue weighted by molar-refractivity contribution is 0.273. The first-order valence-corrected chi connectivity index (χ1v) is 7.84. The number of nitrogens with one attached hydrogen (secondary N) is 1. The summed E-state index contributed by atoms with van der Waals surface area (Å²) in [6.45, 7) is 1.53. The summed E-state index contributed by atoms with van der Waals surface area (Å²) in [4.78, 5) is 0.779. The zero-order valence-electron chi connectivity index (χ0n) is 11.4. The van der Waals surface area contributed by atoms with Crippen LogP contribution in [-0.4, -0.2) is 26.4 Å². The van der Waals surface area contributed by atoms with Crippen molar-refractivity contribution in [2.75, 3.05) is 6.54 Å². The van der Waals surface area contributed by atoms with E-state index in [4.69, 9.17) is 4.74 Å². The van der Waals surface area contributed by atoms with Gasteiger partial charge in [-0.3, -0.25) is 0 Å². The molecule has 0 unspecified atom stereocenters. The molecule has 1 aliphatic rings. The van der Waals surface area contributed by atoms with Crippen molar-refractivity contribution in [1.82, 2.24) is 25.1 Å². The van der Waals surface area contributed by atoms with Crippen molar-refractivity contribution >= 4 is 16.3 Å². The maximum Gasteiger partial charge on any atom is 0.340 e. The smallest absolute Gasteiger partial charge is 0.340 e. The zero-order valence-corrected chi connectivity index (χ0v) is 12.2. The van der Waals surface area contributed by atoms with E-state index in [9.17, 15) is 0 Å². The first-order valence-electron chi connectivity index (χ1n) is 7.02. The summed E-state index contributed by atoms with van der Waals surface area (Å²) in [6, 6.07) is 10.8. The van der Waals surface area contributed by atoms with E-state index >= 15 is 0 Å². The summed E-state index contributed by atoms with van der Waals surface area (Å²) in [7, 11) is 0. The van der Waals surface area contributed by atoms with Crippen LogP contribution in [0.3, 0.4) is 0 Å². The molecule has 1 fully saturated rings. The van der Waals surface area contributed by atoms with Crippen molar-refractivity contribution in [2.45, 2.75) is 25.5 Å². The van der Waals surface area contributed by atoms with E-state index in [0.29, 0.717) is 18.7 Å². The van der Waals surface area contributed by atoms with Gasteiger partial charge in [0.15, 0.2) is 0 Å². The molecule has 21 heavy (non-hydrogen) atoms. The summed E-state index contributed by atoms with van der Waals surface area (Å²) in [5, 5.41) is 17.3. The number of hydrogen-bond donors (Lipinski definition) is 1. The van der Waals surface area contributed by atoms with E-state index in [2.05, 4.69) is 20.6 Å². The van der Waals surface area contributed by atoms with Gasteiger partial charge in [-0.2, -0.15) is 9.61 Å². The fourth-order valence-electron chi connectivity index (χ4n) is 2.46. The highest BCUT2D eigenvalue weighted by Crippen LogP contribution is 2.28. The minimum Gasteiger partial charge on any atom is -0.457 e. The standard InChI is InChI=1S/C14H15N5OS/c1-2-5-10(6-3-1)9-20-13-16-17-14-19(13)18-12(21-14)11-7-4-8-15-11/h1-3,5-6,11,15H,4,7-9H2/t11-/m0/s1. The minimum atomic E-state index is 0.346.